The maximum Gasteiger partial charge on any atom is 0.319 e. The van der Waals surface area contributed by atoms with Crippen LogP contribution in [0.3, 0.4) is 0 Å². The molecule has 1 N–H and O–H groups in total. The molecular weight excluding hydrogens is 291 g/mol. The Bertz CT molecular complexity index is 310. The van der Waals surface area contributed by atoms with Crippen molar-refractivity contribution >= 4 is 28.6 Å². The van der Waals surface area contributed by atoms with Gasteiger partial charge in [-0.1, -0.05) is 59.8 Å². The van der Waals surface area contributed by atoms with Crippen LogP contribution in [0.2, 0.25) is 0 Å². The van der Waals surface area contributed by atoms with Crippen molar-refractivity contribution in [2.45, 2.75) is 23.2 Å². The molecule has 1 unspecified atom stereocenters. The van der Waals surface area contributed by atoms with Gasteiger partial charge in [0.1, 0.15) is 3.42 Å². The van der Waals surface area contributed by atoms with Crippen LogP contribution in [0.1, 0.15) is 18.9 Å². The number of aliphatic carboxylic acids is 1. The normalized spacial score (nSPS) is 14.7. The molecule has 0 fully saturated rings. The number of carboxylic acid groups (broad SMARTS) is 1. The summed E-state index contributed by atoms with van der Waals surface area (Å²) < 4.78 is -0.668. The van der Waals surface area contributed by atoms with Gasteiger partial charge in [-0.05, 0) is 18.4 Å². The fraction of sp³-hybridized carbons (Fsp3) is 0.364. The first kappa shape index (κ1) is 11.5. The zero-order chi connectivity index (χ0) is 10.6. The Balaban J connectivity index is 2.81. The molecule has 76 valence electrons. The average molecular weight is 304 g/mol. The highest BCUT2D eigenvalue weighted by Crippen LogP contribution is 2.28. The fourth-order valence-corrected chi connectivity index (χ4v) is 1.71. The Morgan fingerprint density at radius 3 is 2.43 bits per heavy atom. The van der Waals surface area contributed by atoms with Gasteiger partial charge in [0.05, 0.1) is 0 Å². The number of hydrogen-bond donors (Lipinski definition) is 1. The molecule has 0 spiro atoms. The molecule has 0 aromatic heterocycles. The molecule has 0 aliphatic heterocycles. The lowest BCUT2D eigenvalue weighted by Crippen LogP contribution is -2.33. The first-order chi connectivity index (χ1) is 6.58. The van der Waals surface area contributed by atoms with E-state index in [2.05, 4.69) is 0 Å². The van der Waals surface area contributed by atoms with Crippen molar-refractivity contribution in [2.24, 2.45) is 0 Å². The van der Waals surface area contributed by atoms with Crippen molar-refractivity contribution in [2.75, 3.05) is 0 Å². The van der Waals surface area contributed by atoms with Crippen LogP contribution in [0, 0.1) is 0 Å². The second-order valence-electron chi connectivity index (χ2n) is 3.29. The van der Waals surface area contributed by atoms with E-state index in [0.717, 1.165) is 5.56 Å². The summed E-state index contributed by atoms with van der Waals surface area (Å²) in [5.74, 6) is -0.732. The molecule has 0 saturated carbocycles. The predicted molar refractivity (Wildman–Crippen MR) is 64.8 cm³/mol. The van der Waals surface area contributed by atoms with Crippen LogP contribution in [0.5, 0.6) is 0 Å². The molecule has 0 saturated heterocycles. The molecule has 0 aliphatic rings. The van der Waals surface area contributed by atoms with Gasteiger partial charge in [-0.15, -0.1) is 0 Å². The van der Waals surface area contributed by atoms with E-state index in [1.165, 1.54) is 0 Å². The smallest absolute Gasteiger partial charge is 0.319 e. The molecular formula is C11H13IO2. The van der Waals surface area contributed by atoms with Crippen LogP contribution in [-0.4, -0.2) is 14.5 Å². The summed E-state index contributed by atoms with van der Waals surface area (Å²) in [6, 6.07) is 9.73. The number of hydrogen-bond acceptors (Lipinski definition) is 1. The summed E-state index contributed by atoms with van der Waals surface area (Å²) in [5, 5.41) is 9.09. The third kappa shape index (κ3) is 2.70. The van der Waals surface area contributed by atoms with Crippen molar-refractivity contribution < 1.29 is 9.90 Å². The lowest BCUT2D eigenvalue weighted by atomic mass is 9.97. The van der Waals surface area contributed by atoms with Crippen LogP contribution < -0.4 is 0 Å². The summed E-state index contributed by atoms with van der Waals surface area (Å²) in [4.78, 5) is 11.0. The molecule has 0 aliphatic carbocycles. The average Bonchev–Trinajstić information content (AvgIpc) is 2.19. The van der Waals surface area contributed by atoms with E-state index in [1.807, 2.05) is 59.8 Å². The van der Waals surface area contributed by atoms with E-state index in [-0.39, 0.29) is 0 Å². The molecule has 3 heteroatoms. The summed E-state index contributed by atoms with van der Waals surface area (Å²) in [7, 11) is 0. The second kappa shape index (κ2) is 4.77. The Morgan fingerprint density at radius 1 is 1.43 bits per heavy atom. The van der Waals surface area contributed by atoms with Crippen molar-refractivity contribution in [3.05, 3.63) is 35.9 Å². The molecule has 0 radical (unpaired) electrons. The van der Waals surface area contributed by atoms with Gasteiger partial charge >= 0.3 is 5.97 Å². The van der Waals surface area contributed by atoms with Crippen molar-refractivity contribution in [3.63, 3.8) is 0 Å². The van der Waals surface area contributed by atoms with Crippen molar-refractivity contribution in [1.29, 1.82) is 0 Å². The van der Waals surface area contributed by atoms with E-state index >= 15 is 0 Å². The van der Waals surface area contributed by atoms with Gasteiger partial charge < -0.3 is 5.11 Å². The van der Waals surface area contributed by atoms with Crippen LogP contribution in [0.4, 0.5) is 0 Å². The molecule has 0 bridgehead atoms. The second-order valence-corrected chi connectivity index (χ2v) is 5.35. The summed E-state index contributed by atoms with van der Waals surface area (Å²) in [6.07, 6.45) is 1.22. The maximum atomic E-state index is 11.0. The molecule has 1 rings (SSSR count). The zero-order valence-electron chi connectivity index (χ0n) is 8.03. The molecule has 1 atom stereocenters. The first-order valence-electron chi connectivity index (χ1n) is 4.55. The van der Waals surface area contributed by atoms with Gasteiger partial charge in [0.2, 0.25) is 0 Å². The van der Waals surface area contributed by atoms with Crippen LogP contribution in [0.25, 0.3) is 0 Å². The van der Waals surface area contributed by atoms with E-state index in [1.54, 1.807) is 0 Å². The van der Waals surface area contributed by atoms with Crippen LogP contribution >= 0.6 is 22.6 Å². The van der Waals surface area contributed by atoms with E-state index in [4.69, 9.17) is 5.11 Å². The number of carbonyl (C=O) groups is 1. The molecule has 1 aromatic rings. The van der Waals surface area contributed by atoms with Gasteiger partial charge in [0.15, 0.2) is 0 Å². The first-order valence-corrected chi connectivity index (χ1v) is 5.62. The number of rotatable bonds is 4. The molecule has 1 aromatic carbocycles. The monoisotopic (exact) mass is 304 g/mol. The standard InChI is InChI=1S/C11H13IO2/c1-2-11(12,10(13)14)8-9-6-4-3-5-7-9/h3-7H,2,8H2,1H3,(H,13,14). The van der Waals surface area contributed by atoms with E-state index in [9.17, 15) is 4.79 Å². The topological polar surface area (TPSA) is 37.3 Å². The van der Waals surface area contributed by atoms with E-state index < -0.39 is 9.39 Å². The summed E-state index contributed by atoms with van der Waals surface area (Å²) >= 11 is 2.03. The van der Waals surface area contributed by atoms with Gasteiger partial charge in [-0.25, -0.2) is 0 Å². The van der Waals surface area contributed by atoms with Crippen LogP contribution in [0.15, 0.2) is 30.3 Å². The number of benzene rings is 1. The minimum atomic E-state index is -0.732. The Kier molecular flexibility index (Phi) is 3.92. The number of halogens is 1. The third-order valence-corrected chi connectivity index (χ3v) is 3.88. The summed E-state index contributed by atoms with van der Waals surface area (Å²) in [5.41, 5.74) is 1.08. The lowest BCUT2D eigenvalue weighted by Gasteiger charge is -2.20. The van der Waals surface area contributed by atoms with Crippen molar-refractivity contribution in [3.8, 4) is 0 Å². The highest BCUT2D eigenvalue weighted by atomic mass is 127. The number of carboxylic acids is 1. The summed E-state index contributed by atoms with van der Waals surface area (Å²) in [6.45, 7) is 1.91. The Hall–Kier alpha value is -0.580. The Morgan fingerprint density at radius 2 is 2.00 bits per heavy atom. The fourth-order valence-electron chi connectivity index (χ4n) is 1.27. The molecule has 0 heterocycles. The van der Waals surface area contributed by atoms with Crippen molar-refractivity contribution in [1.82, 2.24) is 0 Å². The van der Waals surface area contributed by atoms with Gasteiger partial charge in [-0.3, -0.25) is 4.79 Å². The highest BCUT2D eigenvalue weighted by molar-refractivity contribution is 14.1. The highest BCUT2D eigenvalue weighted by Gasteiger charge is 2.33. The SMILES string of the molecule is CCC(I)(Cc1ccccc1)C(=O)O. The largest absolute Gasteiger partial charge is 0.480 e. The predicted octanol–water partition coefficient (Wildman–Crippen LogP) is 2.90. The quantitative estimate of drug-likeness (QED) is 0.686. The lowest BCUT2D eigenvalue weighted by molar-refractivity contribution is -0.139. The molecule has 0 amide bonds. The third-order valence-electron chi connectivity index (χ3n) is 2.27. The van der Waals surface area contributed by atoms with E-state index in [0.29, 0.717) is 12.8 Å². The Labute approximate surface area is 97.5 Å². The van der Waals surface area contributed by atoms with Gasteiger partial charge in [0.25, 0.3) is 0 Å². The van der Waals surface area contributed by atoms with Gasteiger partial charge in [-0.2, -0.15) is 0 Å². The minimum Gasteiger partial charge on any atom is -0.480 e. The number of alkyl halides is 1. The molecule has 14 heavy (non-hydrogen) atoms. The molecule has 2 nitrogen and oxygen atoms in total. The maximum absolute atomic E-state index is 11.0. The zero-order valence-corrected chi connectivity index (χ0v) is 10.2. The minimum absolute atomic E-state index is 0.584. The van der Waals surface area contributed by atoms with Gasteiger partial charge in [0, 0.05) is 0 Å². The van der Waals surface area contributed by atoms with Crippen LogP contribution in [-0.2, 0) is 11.2 Å².